The highest BCUT2D eigenvalue weighted by Gasteiger charge is 2.14. The molecular weight excluding hydrogens is 433 g/mol. The smallest absolute Gasteiger partial charge is 0.295 e. The minimum absolute atomic E-state index is 0.180. The third-order valence-corrected chi connectivity index (χ3v) is 4.79. The van der Waals surface area contributed by atoms with Crippen molar-refractivity contribution < 1.29 is 4.84 Å². The average Bonchev–Trinajstić information content (AvgIpc) is 2.67. The lowest BCUT2D eigenvalue weighted by atomic mass is 10.2. The molecule has 0 fully saturated rings. The zero-order valence-corrected chi connectivity index (χ0v) is 17.2. The summed E-state index contributed by atoms with van der Waals surface area (Å²) in [5, 5.41) is 4.81. The molecule has 4 rings (SSSR count). The number of anilines is 2. The molecular formula is C21H14Cl3N3O2. The minimum atomic E-state index is -0.363. The molecule has 4 aromatic rings. The van der Waals surface area contributed by atoms with E-state index in [4.69, 9.17) is 39.6 Å². The summed E-state index contributed by atoms with van der Waals surface area (Å²) >= 11 is 18.2. The van der Waals surface area contributed by atoms with Crippen molar-refractivity contribution in [1.29, 1.82) is 0 Å². The second kappa shape index (κ2) is 8.33. The largest absolute Gasteiger partial charge is 0.402 e. The summed E-state index contributed by atoms with van der Waals surface area (Å²) in [5.41, 5.74) is 1.55. The minimum Gasteiger partial charge on any atom is -0.402 e. The first-order valence-corrected chi connectivity index (χ1v) is 9.75. The maximum Gasteiger partial charge on any atom is 0.295 e. The summed E-state index contributed by atoms with van der Waals surface area (Å²) in [4.78, 5) is 23.4. The lowest BCUT2D eigenvalue weighted by molar-refractivity contribution is 0.0932. The molecule has 0 atom stereocenters. The second-order valence-electron chi connectivity index (χ2n) is 6.24. The molecule has 5 nitrogen and oxygen atoms in total. The number of halogens is 3. The predicted octanol–water partition coefficient (Wildman–Crippen LogP) is 5.73. The molecule has 0 aliphatic carbocycles. The van der Waals surface area contributed by atoms with E-state index >= 15 is 0 Å². The Morgan fingerprint density at radius 2 is 1.62 bits per heavy atom. The van der Waals surface area contributed by atoms with Crippen molar-refractivity contribution >= 4 is 57.3 Å². The molecule has 8 heteroatoms. The summed E-state index contributed by atoms with van der Waals surface area (Å²) in [6.45, 7) is 0.187. The molecule has 0 aliphatic rings. The average molecular weight is 447 g/mol. The quantitative estimate of drug-likeness (QED) is 0.425. The van der Waals surface area contributed by atoms with Gasteiger partial charge in [-0.25, -0.2) is 4.98 Å². The Morgan fingerprint density at radius 1 is 0.897 bits per heavy atom. The molecule has 3 aromatic carbocycles. The van der Waals surface area contributed by atoms with Crippen LogP contribution in [0.3, 0.4) is 0 Å². The van der Waals surface area contributed by atoms with Crippen molar-refractivity contribution in [3.8, 4) is 0 Å². The van der Waals surface area contributed by atoms with Crippen LogP contribution < -0.4 is 15.7 Å². The first kappa shape index (κ1) is 19.6. The summed E-state index contributed by atoms with van der Waals surface area (Å²) in [7, 11) is 0. The van der Waals surface area contributed by atoms with E-state index in [0.717, 1.165) is 10.3 Å². The fourth-order valence-corrected chi connectivity index (χ4v) is 3.50. The van der Waals surface area contributed by atoms with Crippen LogP contribution in [0.4, 0.5) is 11.6 Å². The number of hydrogen-bond donors (Lipinski definition) is 1. The van der Waals surface area contributed by atoms with Gasteiger partial charge in [0.15, 0.2) is 0 Å². The van der Waals surface area contributed by atoms with Crippen LogP contribution in [-0.4, -0.2) is 9.71 Å². The third kappa shape index (κ3) is 4.48. The Kier molecular flexibility index (Phi) is 5.62. The van der Waals surface area contributed by atoms with Gasteiger partial charge in [0.05, 0.1) is 10.9 Å². The van der Waals surface area contributed by atoms with E-state index in [1.807, 2.05) is 30.3 Å². The van der Waals surface area contributed by atoms with Crippen LogP contribution in [0.25, 0.3) is 10.9 Å². The number of fused-ring (bicyclic) bond motifs is 1. The monoisotopic (exact) mass is 445 g/mol. The lowest BCUT2D eigenvalue weighted by Gasteiger charge is -2.16. The van der Waals surface area contributed by atoms with E-state index in [1.165, 1.54) is 0 Å². The summed E-state index contributed by atoms with van der Waals surface area (Å²) < 4.78 is 1.12. The number of nitrogens with zero attached hydrogens (tertiary/aromatic N) is 2. The van der Waals surface area contributed by atoms with E-state index in [2.05, 4.69) is 10.3 Å². The van der Waals surface area contributed by atoms with E-state index < -0.39 is 0 Å². The van der Waals surface area contributed by atoms with Gasteiger partial charge in [-0.15, -0.1) is 4.73 Å². The first-order valence-electron chi connectivity index (χ1n) is 8.62. The summed E-state index contributed by atoms with van der Waals surface area (Å²) in [6.07, 6.45) is 0. The zero-order valence-electron chi connectivity index (χ0n) is 14.9. The second-order valence-corrected chi connectivity index (χ2v) is 7.55. The van der Waals surface area contributed by atoms with Gasteiger partial charge in [-0.1, -0.05) is 65.1 Å². The molecule has 29 heavy (non-hydrogen) atoms. The molecule has 0 radical (unpaired) electrons. The van der Waals surface area contributed by atoms with Crippen molar-refractivity contribution in [1.82, 2.24) is 9.71 Å². The van der Waals surface area contributed by atoms with Gasteiger partial charge in [0.2, 0.25) is 5.95 Å². The van der Waals surface area contributed by atoms with Crippen LogP contribution >= 0.6 is 34.8 Å². The number of rotatable bonds is 5. The van der Waals surface area contributed by atoms with Gasteiger partial charge in [0.25, 0.3) is 5.56 Å². The molecule has 0 bridgehead atoms. The van der Waals surface area contributed by atoms with E-state index in [-0.39, 0.29) is 18.1 Å². The molecule has 0 spiro atoms. The highest BCUT2D eigenvalue weighted by molar-refractivity contribution is 6.35. The van der Waals surface area contributed by atoms with E-state index in [1.54, 1.807) is 36.4 Å². The van der Waals surface area contributed by atoms with Crippen LogP contribution in [-0.2, 0) is 6.61 Å². The van der Waals surface area contributed by atoms with Crippen LogP contribution in [0.15, 0.2) is 71.5 Å². The molecule has 0 saturated carbocycles. The van der Waals surface area contributed by atoms with Gasteiger partial charge in [0, 0.05) is 20.8 Å². The maximum atomic E-state index is 13.1. The van der Waals surface area contributed by atoms with Crippen LogP contribution in [0.1, 0.15) is 5.56 Å². The van der Waals surface area contributed by atoms with Gasteiger partial charge >= 0.3 is 0 Å². The standard InChI is InChI=1S/C21H14Cl3N3O2/c22-14-6-7-18-19(11-14)26-21(25-17-9-15(23)8-16(24)10-17)27(20(18)28)29-12-13-4-2-1-3-5-13/h1-11H,12H2,(H,25,26). The molecule has 0 aliphatic heterocycles. The highest BCUT2D eigenvalue weighted by Crippen LogP contribution is 2.25. The van der Waals surface area contributed by atoms with Gasteiger partial charge < -0.3 is 10.2 Å². The Morgan fingerprint density at radius 3 is 2.34 bits per heavy atom. The number of benzene rings is 3. The topological polar surface area (TPSA) is 56.2 Å². The van der Waals surface area contributed by atoms with Crippen LogP contribution in [0, 0.1) is 0 Å². The maximum absolute atomic E-state index is 13.1. The Hall–Kier alpha value is -2.73. The van der Waals surface area contributed by atoms with E-state index in [0.29, 0.717) is 31.7 Å². The molecule has 1 N–H and O–H groups in total. The summed E-state index contributed by atoms with van der Waals surface area (Å²) in [5.74, 6) is 0.180. The third-order valence-electron chi connectivity index (χ3n) is 4.12. The van der Waals surface area contributed by atoms with E-state index in [9.17, 15) is 4.79 Å². The van der Waals surface area contributed by atoms with Gasteiger partial charge in [-0.3, -0.25) is 4.79 Å². The van der Waals surface area contributed by atoms with Crippen molar-refractivity contribution in [3.05, 3.63) is 97.7 Å². The van der Waals surface area contributed by atoms with Gasteiger partial charge in [0.1, 0.15) is 6.61 Å². The normalized spacial score (nSPS) is 10.9. The molecule has 0 unspecified atom stereocenters. The number of hydrogen-bond acceptors (Lipinski definition) is 4. The molecule has 146 valence electrons. The van der Waals surface area contributed by atoms with Crippen LogP contribution in [0.2, 0.25) is 15.1 Å². The molecule has 0 saturated heterocycles. The predicted molar refractivity (Wildman–Crippen MR) is 117 cm³/mol. The summed E-state index contributed by atoms with van der Waals surface area (Å²) in [6, 6.07) is 19.3. The fourth-order valence-electron chi connectivity index (χ4n) is 2.81. The Labute approximate surface area is 181 Å². The Bertz CT molecular complexity index is 1220. The van der Waals surface area contributed by atoms with Gasteiger partial charge in [-0.2, -0.15) is 0 Å². The number of aromatic nitrogens is 2. The molecule has 1 aromatic heterocycles. The number of nitrogens with one attached hydrogen (secondary N) is 1. The SMILES string of the molecule is O=c1c2ccc(Cl)cc2nc(Nc2cc(Cl)cc(Cl)c2)n1OCc1ccccc1. The molecule has 0 amide bonds. The molecule has 1 heterocycles. The van der Waals surface area contributed by atoms with Crippen molar-refractivity contribution in [3.63, 3.8) is 0 Å². The first-order chi connectivity index (χ1) is 14.0. The lowest BCUT2D eigenvalue weighted by Crippen LogP contribution is -2.30. The highest BCUT2D eigenvalue weighted by atomic mass is 35.5. The van der Waals surface area contributed by atoms with Crippen molar-refractivity contribution in [2.45, 2.75) is 6.61 Å². The van der Waals surface area contributed by atoms with Crippen molar-refractivity contribution in [2.75, 3.05) is 5.32 Å². The zero-order chi connectivity index (χ0) is 20.4. The van der Waals surface area contributed by atoms with Crippen molar-refractivity contribution in [2.24, 2.45) is 0 Å². The fraction of sp³-hybridized carbons (Fsp3) is 0.0476. The van der Waals surface area contributed by atoms with Gasteiger partial charge in [-0.05, 0) is 42.0 Å². The van der Waals surface area contributed by atoms with Crippen LogP contribution in [0.5, 0.6) is 0 Å². The Balaban J connectivity index is 1.79.